The van der Waals surface area contributed by atoms with E-state index in [9.17, 15) is 0 Å². The number of aromatic nitrogens is 3. The standard InChI is InChI=1S/C14H13N5O2S/c1-20-11-2-3-16-13(17-11)19-14-18-12-9-5-15-4-8(9)6-21-7-10(12)22-14/h2-3,5H,4,6-7H2,1H3,(H,16,17,18,19). The van der Waals surface area contributed by atoms with E-state index >= 15 is 0 Å². The molecule has 2 aliphatic rings. The Labute approximate surface area is 130 Å². The van der Waals surface area contributed by atoms with Crippen LogP contribution in [0.25, 0.3) is 5.57 Å². The fraction of sp³-hybridized carbons (Fsp3) is 0.286. The average Bonchev–Trinajstić information content (AvgIpc) is 3.11. The molecule has 4 rings (SSSR count). The molecule has 0 atom stereocenters. The molecule has 0 spiro atoms. The Hall–Kier alpha value is -2.32. The Kier molecular flexibility index (Phi) is 3.32. The van der Waals surface area contributed by atoms with E-state index in [4.69, 9.17) is 9.47 Å². The van der Waals surface area contributed by atoms with Crippen LogP contribution in [0.2, 0.25) is 0 Å². The number of rotatable bonds is 3. The first-order valence-corrected chi connectivity index (χ1v) is 7.59. The number of fused-ring (bicyclic) bond motifs is 2. The van der Waals surface area contributed by atoms with Crippen molar-refractivity contribution in [1.82, 2.24) is 15.0 Å². The van der Waals surface area contributed by atoms with Crippen LogP contribution in [0.3, 0.4) is 0 Å². The van der Waals surface area contributed by atoms with Gasteiger partial charge in [-0.15, -0.1) is 0 Å². The summed E-state index contributed by atoms with van der Waals surface area (Å²) in [6, 6.07) is 1.70. The van der Waals surface area contributed by atoms with Crippen molar-refractivity contribution in [2.24, 2.45) is 4.99 Å². The van der Waals surface area contributed by atoms with E-state index in [1.54, 1.807) is 30.7 Å². The van der Waals surface area contributed by atoms with E-state index in [0.717, 1.165) is 21.3 Å². The number of methoxy groups -OCH3 is 1. The Bertz CT molecular complexity index is 783. The van der Waals surface area contributed by atoms with Crippen LogP contribution in [0.5, 0.6) is 5.88 Å². The SMILES string of the molecule is COc1ccnc(Nc2nc3c(s2)COCC2=C3C=NC2)n1. The lowest BCUT2D eigenvalue weighted by Gasteiger charge is -2.03. The summed E-state index contributed by atoms with van der Waals surface area (Å²) in [5.74, 6) is 0.963. The Morgan fingerprint density at radius 1 is 1.32 bits per heavy atom. The van der Waals surface area contributed by atoms with Gasteiger partial charge in [0.15, 0.2) is 5.13 Å². The maximum atomic E-state index is 5.69. The summed E-state index contributed by atoms with van der Waals surface area (Å²) in [6.45, 7) is 1.89. The lowest BCUT2D eigenvalue weighted by Crippen LogP contribution is -1.99. The minimum absolute atomic E-state index is 0.457. The number of nitrogens with one attached hydrogen (secondary N) is 1. The summed E-state index contributed by atoms with van der Waals surface area (Å²) >= 11 is 1.54. The first kappa shape index (κ1) is 13.4. The first-order chi connectivity index (χ1) is 10.8. The zero-order valence-corrected chi connectivity index (χ0v) is 12.7. The van der Waals surface area contributed by atoms with Gasteiger partial charge in [-0.2, -0.15) is 4.98 Å². The number of nitrogens with zero attached hydrogens (tertiary/aromatic N) is 4. The molecule has 22 heavy (non-hydrogen) atoms. The van der Waals surface area contributed by atoms with Gasteiger partial charge in [0.25, 0.3) is 0 Å². The van der Waals surface area contributed by atoms with Gasteiger partial charge in [-0.05, 0) is 5.57 Å². The molecule has 0 saturated carbocycles. The first-order valence-electron chi connectivity index (χ1n) is 6.77. The van der Waals surface area contributed by atoms with Crippen LogP contribution >= 0.6 is 11.3 Å². The van der Waals surface area contributed by atoms with Gasteiger partial charge in [0.2, 0.25) is 11.8 Å². The maximum absolute atomic E-state index is 5.69. The number of ether oxygens (including phenoxy) is 2. The van der Waals surface area contributed by atoms with Crippen molar-refractivity contribution in [1.29, 1.82) is 0 Å². The lowest BCUT2D eigenvalue weighted by molar-refractivity contribution is 0.146. The topological polar surface area (TPSA) is 81.5 Å². The molecule has 0 bridgehead atoms. The number of hydrogen-bond donors (Lipinski definition) is 1. The highest BCUT2D eigenvalue weighted by Gasteiger charge is 2.23. The normalized spacial score (nSPS) is 16.2. The number of thiazole rings is 1. The molecule has 2 aliphatic heterocycles. The number of aliphatic imine (C=N–C) groups is 1. The molecule has 0 aromatic carbocycles. The van der Waals surface area contributed by atoms with Gasteiger partial charge in [-0.1, -0.05) is 11.3 Å². The summed E-state index contributed by atoms with van der Waals surface area (Å²) in [6.07, 6.45) is 3.52. The molecule has 0 saturated heterocycles. The highest BCUT2D eigenvalue weighted by atomic mass is 32.1. The summed E-state index contributed by atoms with van der Waals surface area (Å²) < 4.78 is 10.8. The second kappa shape index (κ2) is 5.47. The molecule has 0 radical (unpaired) electrons. The maximum Gasteiger partial charge on any atom is 0.232 e. The molecular weight excluding hydrogens is 302 g/mol. The monoisotopic (exact) mass is 315 g/mol. The molecule has 8 heteroatoms. The van der Waals surface area contributed by atoms with Gasteiger partial charge in [-0.3, -0.25) is 10.3 Å². The van der Waals surface area contributed by atoms with Crippen LogP contribution in [0.4, 0.5) is 11.1 Å². The molecular formula is C14H13N5O2S. The molecule has 0 aliphatic carbocycles. The van der Waals surface area contributed by atoms with Crippen molar-refractivity contribution in [3.63, 3.8) is 0 Å². The van der Waals surface area contributed by atoms with Gasteiger partial charge in [0.1, 0.15) is 0 Å². The van der Waals surface area contributed by atoms with Crippen molar-refractivity contribution in [2.45, 2.75) is 6.61 Å². The van der Waals surface area contributed by atoms with Crippen molar-refractivity contribution in [3.05, 3.63) is 28.4 Å². The van der Waals surface area contributed by atoms with Crippen LogP contribution in [-0.4, -0.2) is 41.4 Å². The smallest absolute Gasteiger partial charge is 0.232 e. The van der Waals surface area contributed by atoms with Crippen molar-refractivity contribution >= 4 is 34.2 Å². The van der Waals surface area contributed by atoms with Crippen molar-refractivity contribution < 1.29 is 9.47 Å². The Morgan fingerprint density at radius 3 is 3.18 bits per heavy atom. The van der Waals surface area contributed by atoms with E-state index in [1.807, 2.05) is 6.21 Å². The molecule has 0 unspecified atom stereocenters. The summed E-state index contributed by atoms with van der Waals surface area (Å²) in [5.41, 5.74) is 3.22. The minimum Gasteiger partial charge on any atom is -0.481 e. The molecule has 4 heterocycles. The number of anilines is 2. The Morgan fingerprint density at radius 2 is 2.27 bits per heavy atom. The van der Waals surface area contributed by atoms with Crippen LogP contribution < -0.4 is 10.1 Å². The van der Waals surface area contributed by atoms with E-state index in [2.05, 4.69) is 25.3 Å². The van der Waals surface area contributed by atoms with E-state index in [0.29, 0.717) is 31.6 Å². The molecule has 1 N–H and O–H groups in total. The van der Waals surface area contributed by atoms with Gasteiger partial charge >= 0.3 is 0 Å². The zero-order valence-electron chi connectivity index (χ0n) is 11.9. The molecule has 7 nitrogen and oxygen atoms in total. The van der Waals surface area contributed by atoms with Crippen LogP contribution in [0, 0.1) is 0 Å². The lowest BCUT2D eigenvalue weighted by atomic mass is 10.1. The van der Waals surface area contributed by atoms with E-state index in [-0.39, 0.29) is 0 Å². The van der Waals surface area contributed by atoms with E-state index < -0.39 is 0 Å². The van der Waals surface area contributed by atoms with Crippen molar-refractivity contribution in [3.8, 4) is 5.88 Å². The van der Waals surface area contributed by atoms with Crippen LogP contribution in [0.15, 0.2) is 22.8 Å². The van der Waals surface area contributed by atoms with E-state index in [1.165, 1.54) is 5.57 Å². The number of allylic oxidation sites excluding steroid dienone is 1. The summed E-state index contributed by atoms with van der Waals surface area (Å²) in [7, 11) is 1.57. The minimum atomic E-state index is 0.457. The predicted molar refractivity (Wildman–Crippen MR) is 83.9 cm³/mol. The van der Waals surface area contributed by atoms with Gasteiger partial charge in [0, 0.05) is 24.1 Å². The third kappa shape index (κ3) is 2.36. The zero-order chi connectivity index (χ0) is 14.9. The van der Waals surface area contributed by atoms with Crippen molar-refractivity contribution in [2.75, 3.05) is 25.6 Å². The third-order valence-electron chi connectivity index (χ3n) is 3.40. The highest BCUT2D eigenvalue weighted by Crippen LogP contribution is 2.34. The fourth-order valence-electron chi connectivity index (χ4n) is 2.37. The molecule has 2 aromatic heterocycles. The second-order valence-corrected chi connectivity index (χ2v) is 5.90. The summed E-state index contributed by atoms with van der Waals surface area (Å²) in [5, 5.41) is 3.85. The predicted octanol–water partition coefficient (Wildman–Crippen LogP) is 2.05. The van der Waals surface area contributed by atoms with Gasteiger partial charge in [0.05, 0.1) is 37.4 Å². The Balaban J connectivity index is 1.66. The second-order valence-electron chi connectivity index (χ2n) is 4.82. The molecule has 112 valence electrons. The van der Waals surface area contributed by atoms with Gasteiger partial charge < -0.3 is 9.47 Å². The largest absolute Gasteiger partial charge is 0.481 e. The van der Waals surface area contributed by atoms with Crippen LogP contribution in [-0.2, 0) is 11.3 Å². The fourth-order valence-corrected chi connectivity index (χ4v) is 3.27. The van der Waals surface area contributed by atoms with Gasteiger partial charge in [-0.25, -0.2) is 9.97 Å². The number of hydrogen-bond acceptors (Lipinski definition) is 8. The molecule has 0 fully saturated rings. The molecule has 2 aromatic rings. The summed E-state index contributed by atoms with van der Waals surface area (Å²) in [4.78, 5) is 18.5. The van der Waals surface area contributed by atoms with Crippen LogP contribution in [0.1, 0.15) is 10.6 Å². The molecule has 0 amide bonds. The highest BCUT2D eigenvalue weighted by molar-refractivity contribution is 7.15. The quantitative estimate of drug-likeness (QED) is 0.933. The third-order valence-corrected chi connectivity index (χ3v) is 4.35. The average molecular weight is 315 g/mol.